The Labute approximate surface area is 164 Å². The zero-order valence-corrected chi connectivity index (χ0v) is 15.9. The molecule has 2 saturated heterocycles. The Morgan fingerprint density at radius 2 is 1.82 bits per heavy atom. The van der Waals surface area contributed by atoms with E-state index in [1.807, 2.05) is 30.3 Å². The topological polar surface area (TPSA) is 74.1 Å². The molecule has 2 aromatic carbocycles. The van der Waals surface area contributed by atoms with Crippen molar-refractivity contribution in [2.24, 2.45) is 0 Å². The van der Waals surface area contributed by atoms with E-state index in [4.69, 9.17) is 14.2 Å². The standard InChI is InChI=1S/C21H24N2O5/c1-26-20-5-3-2-4-17(20)15-8-10-22(11-9-15)18-7-6-16(14-19(18)23(24)25)21-27-12-13-28-21/h2-7,14-15,21H,8-13H2,1H3. The first-order chi connectivity index (χ1) is 13.7. The summed E-state index contributed by atoms with van der Waals surface area (Å²) in [6.45, 7) is 2.55. The van der Waals surface area contributed by atoms with Crippen LogP contribution in [0.2, 0.25) is 0 Å². The summed E-state index contributed by atoms with van der Waals surface area (Å²) < 4.78 is 16.4. The molecule has 0 amide bonds. The van der Waals surface area contributed by atoms with Gasteiger partial charge in [0.2, 0.25) is 0 Å². The van der Waals surface area contributed by atoms with Crippen LogP contribution < -0.4 is 9.64 Å². The first-order valence-corrected chi connectivity index (χ1v) is 9.57. The van der Waals surface area contributed by atoms with Crippen molar-refractivity contribution < 1.29 is 19.1 Å². The number of nitro groups is 1. The molecule has 0 spiro atoms. The minimum Gasteiger partial charge on any atom is -0.496 e. The summed E-state index contributed by atoms with van der Waals surface area (Å²) in [6.07, 6.45) is 1.34. The van der Waals surface area contributed by atoms with Crippen molar-refractivity contribution in [3.8, 4) is 5.75 Å². The van der Waals surface area contributed by atoms with E-state index in [1.165, 1.54) is 5.56 Å². The Morgan fingerprint density at radius 1 is 1.11 bits per heavy atom. The monoisotopic (exact) mass is 384 g/mol. The Hall–Kier alpha value is -2.64. The van der Waals surface area contributed by atoms with Crippen LogP contribution in [-0.2, 0) is 9.47 Å². The summed E-state index contributed by atoms with van der Waals surface area (Å²) in [7, 11) is 1.69. The highest BCUT2D eigenvalue weighted by Crippen LogP contribution is 2.39. The number of nitro benzene ring substituents is 1. The molecule has 4 rings (SSSR count). The number of nitrogens with zero attached hydrogens (tertiary/aromatic N) is 2. The van der Waals surface area contributed by atoms with Gasteiger partial charge in [-0.15, -0.1) is 0 Å². The molecule has 2 aliphatic rings. The van der Waals surface area contributed by atoms with Crippen LogP contribution in [0.5, 0.6) is 5.75 Å². The van der Waals surface area contributed by atoms with Crippen LogP contribution in [0.1, 0.15) is 36.2 Å². The Bertz CT molecular complexity index is 842. The average Bonchev–Trinajstić information content (AvgIpc) is 3.28. The van der Waals surface area contributed by atoms with Gasteiger partial charge in [0, 0.05) is 24.7 Å². The molecule has 0 aliphatic carbocycles. The zero-order valence-electron chi connectivity index (χ0n) is 15.9. The molecule has 148 valence electrons. The normalized spacial score (nSPS) is 18.4. The molecular formula is C21H24N2O5. The number of rotatable bonds is 5. The van der Waals surface area contributed by atoms with Crippen molar-refractivity contribution in [3.05, 3.63) is 63.7 Å². The Balaban J connectivity index is 1.51. The molecule has 0 N–H and O–H groups in total. The summed E-state index contributed by atoms with van der Waals surface area (Å²) in [5.41, 5.74) is 2.67. The van der Waals surface area contributed by atoms with Gasteiger partial charge in [0.1, 0.15) is 11.4 Å². The molecule has 0 radical (unpaired) electrons. The SMILES string of the molecule is COc1ccccc1C1CCN(c2ccc(C3OCCO3)cc2[N+](=O)[O-])CC1. The maximum absolute atomic E-state index is 11.7. The van der Waals surface area contributed by atoms with Gasteiger partial charge in [-0.2, -0.15) is 0 Å². The predicted molar refractivity (Wildman–Crippen MR) is 105 cm³/mol. The molecule has 0 unspecified atom stereocenters. The third kappa shape index (κ3) is 3.68. The minimum absolute atomic E-state index is 0.104. The number of hydrogen-bond donors (Lipinski definition) is 0. The van der Waals surface area contributed by atoms with E-state index >= 15 is 0 Å². The maximum Gasteiger partial charge on any atom is 0.292 e. The van der Waals surface area contributed by atoms with Gasteiger partial charge in [-0.3, -0.25) is 10.1 Å². The Morgan fingerprint density at radius 3 is 2.50 bits per heavy atom. The van der Waals surface area contributed by atoms with E-state index < -0.39 is 6.29 Å². The van der Waals surface area contributed by atoms with Crippen molar-refractivity contribution in [2.45, 2.75) is 25.0 Å². The lowest BCUT2D eigenvalue weighted by atomic mass is 9.88. The Kier molecular flexibility index (Phi) is 5.45. The van der Waals surface area contributed by atoms with E-state index in [0.29, 0.717) is 30.4 Å². The van der Waals surface area contributed by atoms with Crippen LogP contribution in [0.4, 0.5) is 11.4 Å². The van der Waals surface area contributed by atoms with Gasteiger partial charge in [-0.25, -0.2) is 0 Å². The largest absolute Gasteiger partial charge is 0.496 e. The molecule has 0 saturated carbocycles. The van der Waals surface area contributed by atoms with Gasteiger partial charge in [0.05, 0.1) is 25.2 Å². The van der Waals surface area contributed by atoms with Gasteiger partial charge in [-0.05, 0) is 36.5 Å². The summed E-state index contributed by atoms with van der Waals surface area (Å²) in [4.78, 5) is 13.5. The van der Waals surface area contributed by atoms with Gasteiger partial charge < -0.3 is 19.1 Å². The van der Waals surface area contributed by atoms with Crippen LogP contribution in [0, 0.1) is 10.1 Å². The quantitative estimate of drug-likeness (QED) is 0.572. The summed E-state index contributed by atoms with van der Waals surface area (Å²) in [5, 5.41) is 11.7. The number of hydrogen-bond acceptors (Lipinski definition) is 6. The summed E-state index contributed by atoms with van der Waals surface area (Å²) in [5.74, 6) is 1.30. The smallest absolute Gasteiger partial charge is 0.292 e. The summed E-state index contributed by atoms with van der Waals surface area (Å²) in [6, 6.07) is 13.4. The first-order valence-electron chi connectivity index (χ1n) is 9.57. The maximum atomic E-state index is 11.7. The molecule has 0 atom stereocenters. The third-order valence-corrected chi connectivity index (χ3v) is 5.50. The highest BCUT2D eigenvalue weighted by molar-refractivity contribution is 5.65. The van der Waals surface area contributed by atoms with E-state index in [0.717, 1.165) is 31.7 Å². The van der Waals surface area contributed by atoms with Crippen LogP contribution in [-0.4, -0.2) is 38.3 Å². The minimum atomic E-state index is -0.510. The number of ether oxygens (including phenoxy) is 3. The van der Waals surface area contributed by atoms with Crippen LogP contribution in [0.25, 0.3) is 0 Å². The van der Waals surface area contributed by atoms with Gasteiger partial charge in [0.15, 0.2) is 6.29 Å². The lowest BCUT2D eigenvalue weighted by molar-refractivity contribution is -0.384. The zero-order chi connectivity index (χ0) is 19.5. The second-order valence-electron chi connectivity index (χ2n) is 7.08. The van der Waals surface area contributed by atoms with E-state index in [-0.39, 0.29) is 10.6 Å². The van der Waals surface area contributed by atoms with E-state index in [2.05, 4.69) is 11.0 Å². The van der Waals surface area contributed by atoms with Gasteiger partial charge in [-0.1, -0.05) is 24.3 Å². The fraction of sp³-hybridized carbons (Fsp3) is 0.429. The number of benzene rings is 2. The molecule has 7 heteroatoms. The molecule has 0 bridgehead atoms. The first kappa shape index (κ1) is 18.7. The van der Waals surface area contributed by atoms with E-state index in [9.17, 15) is 10.1 Å². The van der Waals surface area contributed by atoms with Crippen LogP contribution in [0.15, 0.2) is 42.5 Å². The molecule has 28 heavy (non-hydrogen) atoms. The molecule has 2 heterocycles. The number of anilines is 1. The van der Waals surface area contributed by atoms with Gasteiger partial charge in [0.25, 0.3) is 5.69 Å². The fourth-order valence-electron chi connectivity index (χ4n) is 4.09. The third-order valence-electron chi connectivity index (χ3n) is 5.50. The molecule has 2 aromatic rings. The number of piperidine rings is 1. The van der Waals surface area contributed by atoms with Crippen molar-refractivity contribution in [3.63, 3.8) is 0 Å². The van der Waals surface area contributed by atoms with Crippen LogP contribution >= 0.6 is 0 Å². The van der Waals surface area contributed by atoms with Crippen molar-refractivity contribution in [2.75, 3.05) is 38.3 Å². The molecular weight excluding hydrogens is 360 g/mol. The number of methoxy groups -OCH3 is 1. The molecule has 0 aromatic heterocycles. The average molecular weight is 384 g/mol. The van der Waals surface area contributed by atoms with E-state index in [1.54, 1.807) is 13.2 Å². The fourth-order valence-corrected chi connectivity index (χ4v) is 4.09. The second-order valence-corrected chi connectivity index (χ2v) is 7.08. The summed E-state index contributed by atoms with van der Waals surface area (Å²) >= 11 is 0. The predicted octanol–water partition coefficient (Wildman–Crippen LogP) is 4.03. The van der Waals surface area contributed by atoms with Crippen molar-refractivity contribution >= 4 is 11.4 Å². The van der Waals surface area contributed by atoms with Crippen LogP contribution in [0.3, 0.4) is 0 Å². The number of para-hydroxylation sites is 1. The van der Waals surface area contributed by atoms with Crippen molar-refractivity contribution in [1.82, 2.24) is 0 Å². The molecule has 2 fully saturated rings. The lowest BCUT2D eigenvalue weighted by Gasteiger charge is -2.34. The van der Waals surface area contributed by atoms with Gasteiger partial charge >= 0.3 is 0 Å². The molecule has 7 nitrogen and oxygen atoms in total. The highest BCUT2D eigenvalue weighted by Gasteiger charge is 2.28. The lowest BCUT2D eigenvalue weighted by Crippen LogP contribution is -2.33. The van der Waals surface area contributed by atoms with Crippen molar-refractivity contribution in [1.29, 1.82) is 0 Å². The molecule has 2 aliphatic heterocycles. The highest BCUT2D eigenvalue weighted by atomic mass is 16.7. The second kappa shape index (κ2) is 8.16.